The molecule has 1 saturated heterocycles. The summed E-state index contributed by atoms with van der Waals surface area (Å²) in [4.78, 5) is 18.5. The van der Waals surface area contributed by atoms with Crippen molar-refractivity contribution in [2.24, 2.45) is 0 Å². The van der Waals surface area contributed by atoms with E-state index in [1.54, 1.807) is 23.1 Å². The maximum Gasteiger partial charge on any atom is 0.276 e. The zero-order valence-electron chi connectivity index (χ0n) is 15.5. The highest BCUT2D eigenvalue weighted by molar-refractivity contribution is 7.20. The molecule has 30 heavy (non-hydrogen) atoms. The van der Waals surface area contributed by atoms with E-state index in [0.717, 1.165) is 17.4 Å². The third kappa shape index (κ3) is 3.54. The molecule has 10 heteroatoms. The molecule has 0 unspecified atom stereocenters. The number of nitrogens with zero attached hydrogens (tertiary/aromatic N) is 3. The van der Waals surface area contributed by atoms with Gasteiger partial charge in [0.1, 0.15) is 17.4 Å². The molecular formula is C20H15F2N3O4S. The number of thiazole rings is 1. The maximum atomic E-state index is 13.8. The van der Waals surface area contributed by atoms with Gasteiger partial charge in [0, 0.05) is 38.1 Å². The molecule has 0 atom stereocenters. The summed E-state index contributed by atoms with van der Waals surface area (Å²) in [6.45, 7) is 0.945. The van der Waals surface area contributed by atoms with Crippen LogP contribution in [0, 0.1) is 11.6 Å². The van der Waals surface area contributed by atoms with Crippen LogP contribution in [0.3, 0.4) is 0 Å². The Morgan fingerprint density at radius 3 is 2.80 bits per heavy atom. The highest BCUT2D eigenvalue weighted by Gasteiger charge is 2.28. The number of piperidine rings is 1. The van der Waals surface area contributed by atoms with Gasteiger partial charge in [-0.3, -0.25) is 4.79 Å². The lowest BCUT2D eigenvalue weighted by molar-refractivity contribution is 0.0586. The molecule has 1 aliphatic rings. The molecule has 7 nitrogen and oxygen atoms in total. The van der Waals surface area contributed by atoms with Crippen molar-refractivity contribution in [3.05, 3.63) is 53.9 Å². The van der Waals surface area contributed by atoms with E-state index in [1.807, 2.05) is 0 Å². The van der Waals surface area contributed by atoms with Crippen LogP contribution in [0.1, 0.15) is 23.3 Å². The lowest BCUT2D eigenvalue weighted by atomic mass is 10.1. The molecule has 3 aromatic heterocycles. The third-order valence-electron chi connectivity index (χ3n) is 4.88. The standard InChI is InChI=1S/C20H15F2N3O4S/c21-11-8-13(22)18-17(9-11)30-20(23-18)28-12-3-5-25(6-4-12)19(26)14-10-16(29-24-14)15-2-1-7-27-15/h1-2,7-10,12H,3-6H2. The molecule has 0 aliphatic carbocycles. The molecule has 0 radical (unpaired) electrons. The first kappa shape index (κ1) is 18.7. The average molecular weight is 431 g/mol. The van der Waals surface area contributed by atoms with Crippen LogP contribution in [-0.2, 0) is 0 Å². The third-order valence-corrected chi connectivity index (χ3v) is 5.78. The molecule has 154 valence electrons. The van der Waals surface area contributed by atoms with Crippen LogP contribution in [0.2, 0.25) is 0 Å². The Bertz CT molecular complexity index is 1200. The predicted octanol–water partition coefficient (Wildman–Crippen LogP) is 4.51. The Morgan fingerprint density at radius 2 is 2.03 bits per heavy atom. The summed E-state index contributed by atoms with van der Waals surface area (Å²) in [7, 11) is 0. The van der Waals surface area contributed by atoms with E-state index in [0.29, 0.717) is 47.3 Å². The molecular weight excluding hydrogens is 416 g/mol. The molecule has 5 rings (SSSR count). The molecule has 0 spiro atoms. The van der Waals surface area contributed by atoms with Crippen molar-refractivity contribution in [2.75, 3.05) is 13.1 Å². The largest absolute Gasteiger partial charge is 0.467 e. The Kier molecular flexibility index (Phi) is 4.70. The van der Waals surface area contributed by atoms with Crippen LogP contribution in [-0.4, -0.2) is 40.1 Å². The van der Waals surface area contributed by atoms with E-state index in [-0.39, 0.29) is 23.2 Å². The first-order valence-corrected chi connectivity index (χ1v) is 10.1. The van der Waals surface area contributed by atoms with Crippen molar-refractivity contribution in [3.8, 4) is 16.7 Å². The van der Waals surface area contributed by atoms with E-state index < -0.39 is 11.6 Å². The van der Waals surface area contributed by atoms with Gasteiger partial charge in [0.25, 0.3) is 11.1 Å². The molecule has 0 saturated carbocycles. The van der Waals surface area contributed by atoms with Gasteiger partial charge in [-0.05, 0) is 18.2 Å². The number of hydrogen-bond donors (Lipinski definition) is 0. The minimum Gasteiger partial charge on any atom is -0.467 e. The first-order valence-electron chi connectivity index (χ1n) is 9.29. The van der Waals surface area contributed by atoms with Gasteiger partial charge < -0.3 is 18.6 Å². The molecule has 4 heterocycles. The molecule has 0 N–H and O–H groups in total. The highest BCUT2D eigenvalue weighted by atomic mass is 32.1. The van der Waals surface area contributed by atoms with E-state index >= 15 is 0 Å². The minimum absolute atomic E-state index is 0.0995. The van der Waals surface area contributed by atoms with E-state index in [9.17, 15) is 13.6 Å². The van der Waals surface area contributed by atoms with Crippen LogP contribution in [0.15, 0.2) is 45.5 Å². The van der Waals surface area contributed by atoms with Gasteiger partial charge in [0.2, 0.25) is 5.76 Å². The van der Waals surface area contributed by atoms with E-state index in [1.165, 1.54) is 12.3 Å². The van der Waals surface area contributed by atoms with Crippen LogP contribution in [0.5, 0.6) is 5.19 Å². The minimum atomic E-state index is -0.710. The quantitative estimate of drug-likeness (QED) is 0.473. The Hall–Kier alpha value is -3.27. The molecule has 1 fully saturated rings. The number of fused-ring (bicyclic) bond motifs is 1. The maximum absolute atomic E-state index is 13.8. The summed E-state index contributed by atoms with van der Waals surface area (Å²) in [5.41, 5.74) is 0.312. The van der Waals surface area contributed by atoms with Gasteiger partial charge in [-0.25, -0.2) is 8.78 Å². The van der Waals surface area contributed by atoms with Crippen molar-refractivity contribution >= 4 is 27.5 Å². The zero-order valence-corrected chi connectivity index (χ0v) is 16.3. The predicted molar refractivity (Wildman–Crippen MR) is 103 cm³/mol. The van der Waals surface area contributed by atoms with Gasteiger partial charge in [-0.2, -0.15) is 4.98 Å². The van der Waals surface area contributed by atoms with Crippen LogP contribution >= 0.6 is 11.3 Å². The average Bonchev–Trinajstić information content (AvgIpc) is 3.48. The smallest absolute Gasteiger partial charge is 0.276 e. The summed E-state index contributed by atoms with van der Waals surface area (Å²) >= 11 is 1.10. The SMILES string of the molecule is O=C(c1cc(-c2ccco2)on1)N1CCC(Oc2nc3c(F)cc(F)cc3s2)CC1. The van der Waals surface area contributed by atoms with Gasteiger partial charge in [-0.1, -0.05) is 16.5 Å². The van der Waals surface area contributed by atoms with Gasteiger partial charge in [0.15, 0.2) is 17.3 Å². The van der Waals surface area contributed by atoms with Crippen LogP contribution in [0.25, 0.3) is 21.7 Å². The fourth-order valence-electron chi connectivity index (χ4n) is 3.38. The fraction of sp³-hybridized carbons (Fsp3) is 0.250. The van der Waals surface area contributed by atoms with Crippen molar-refractivity contribution in [1.29, 1.82) is 0 Å². The topological polar surface area (TPSA) is 81.6 Å². The van der Waals surface area contributed by atoms with Crippen molar-refractivity contribution in [3.63, 3.8) is 0 Å². The summed E-state index contributed by atoms with van der Waals surface area (Å²) in [5.74, 6) is -0.697. The number of rotatable bonds is 4. The number of halogens is 2. The summed E-state index contributed by atoms with van der Waals surface area (Å²) in [6, 6.07) is 7.04. The Morgan fingerprint density at radius 1 is 1.20 bits per heavy atom. The lowest BCUT2D eigenvalue weighted by Gasteiger charge is -2.31. The normalized spacial score (nSPS) is 15.1. The summed E-state index contributed by atoms with van der Waals surface area (Å²) in [5, 5.41) is 4.13. The Labute approximate surface area is 172 Å². The van der Waals surface area contributed by atoms with Gasteiger partial charge in [-0.15, -0.1) is 0 Å². The van der Waals surface area contributed by atoms with Crippen molar-refractivity contribution in [2.45, 2.75) is 18.9 Å². The fourth-order valence-corrected chi connectivity index (χ4v) is 4.30. The number of likely N-dealkylation sites (tertiary alicyclic amines) is 1. The second-order valence-electron chi connectivity index (χ2n) is 6.88. The number of hydrogen-bond acceptors (Lipinski definition) is 7. The van der Waals surface area contributed by atoms with Crippen molar-refractivity contribution < 1.29 is 27.3 Å². The van der Waals surface area contributed by atoms with E-state index in [2.05, 4.69) is 10.1 Å². The number of furan rings is 1. The number of amides is 1. The molecule has 0 bridgehead atoms. The summed E-state index contributed by atoms with van der Waals surface area (Å²) in [6.07, 6.45) is 2.52. The molecule has 4 aromatic rings. The van der Waals surface area contributed by atoms with Crippen LogP contribution in [0.4, 0.5) is 8.78 Å². The monoisotopic (exact) mass is 431 g/mol. The van der Waals surface area contributed by atoms with E-state index in [4.69, 9.17) is 13.7 Å². The number of carbonyl (C=O) groups is 1. The molecule has 1 aromatic carbocycles. The highest BCUT2D eigenvalue weighted by Crippen LogP contribution is 2.32. The number of carbonyl (C=O) groups excluding carboxylic acids is 1. The van der Waals surface area contributed by atoms with Gasteiger partial charge in [0.05, 0.1) is 11.0 Å². The first-order chi connectivity index (χ1) is 14.6. The second-order valence-corrected chi connectivity index (χ2v) is 7.87. The van der Waals surface area contributed by atoms with Gasteiger partial charge >= 0.3 is 0 Å². The number of ether oxygens (including phenoxy) is 1. The molecule has 1 amide bonds. The second kappa shape index (κ2) is 7.52. The number of aromatic nitrogens is 2. The Balaban J connectivity index is 1.21. The number of benzene rings is 1. The zero-order chi connectivity index (χ0) is 20.7. The summed E-state index contributed by atoms with van der Waals surface area (Å²) < 4.78 is 43.8. The molecule has 1 aliphatic heterocycles. The lowest BCUT2D eigenvalue weighted by Crippen LogP contribution is -2.41. The van der Waals surface area contributed by atoms with Crippen LogP contribution < -0.4 is 4.74 Å². The van der Waals surface area contributed by atoms with Crippen molar-refractivity contribution in [1.82, 2.24) is 15.0 Å².